The lowest BCUT2D eigenvalue weighted by atomic mass is 10.0. The van der Waals surface area contributed by atoms with E-state index in [1.165, 1.54) is 0 Å². The van der Waals surface area contributed by atoms with Gasteiger partial charge in [-0.05, 0) is 20.3 Å². The van der Waals surface area contributed by atoms with E-state index in [1.807, 2.05) is 13.8 Å². The number of carbonyl (C=O) groups excluding carboxylic acids is 1. The third-order valence-corrected chi connectivity index (χ3v) is 2.31. The first kappa shape index (κ1) is 14.4. The van der Waals surface area contributed by atoms with E-state index in [9.17, 15) is 4.79 Å². The van der Waals surface area contributed by atoms with Gasteiger partial charge in [-0.2, -0.15) is 0 Å². The van der Waals surface area contributed by atoms with Crippen molar-refractivity contribution in [3.63, 3.8) is 0 Å². The molecule has 2 unspecified atom stereocenters. The monoisotopic (exact) mass is 216 g/mol. The molecule has 15 heavy (non-hydrogen) atoms. The van der Waals surface area contributed by atoms with Crippen molar-refractivity contribution >= 4 is 5.91 Å². The normalized spacial score (nSPS) is 14.7. The highest BCUT2D eigenvalue weighted by Crippen LogP contribution is 2.04. The number of nitrogens with one attached hydrogen (secondary N) is 1. The number of hydrogen-bond acceptors (Lipinski definition) is 3. The van der Waals surface area contributed by atoms with Gasteiger partial charge < -0.3 is 15.8 Å². The summed E-state index contributed by atoms with van der Waals surface area (Å²) in [4.78, 5) is 11.6. The second-order valence-corrected chi connectivity index (χ2v) is 3.73. The number of ether oxygens (including phenoxy) is 1. The van der Waals surface area contributed by atoms with Gasteiger partial charge in [0.15, 0.2) is 0 Å². The molecule has 0 bridgehead atoms. The smallest absolute Gasteiger partial charge is 0.224 e. The molecule has 0 aliphatic heterocycles. The predicted octanol–water partition coefficient (Wildman–Crippen LogP) is 0.903. The Balaban J connectivity index is 3.79. The van der Waals surface area contributed by atoms with E-state index in [-0.39, 0.29) is 17.9 Å². The molecule has 4 heteroatoms. The average molecular weight is 216 g/mol. The molecule has 0 aromatic carbocycles. The van der Waals surface area contributed by atoms with Crippen molar-refractivity contribution in [2.75, 3.05) is 19.7 Å². The Labute approximate surface area is 92.6 Å². The zero-order valence-corrected chi connectivity index (χ0v) is 10.1. The van der Waals surface area contributed by atoms with Crippen molar-refractivity contribution in [2.24, 2.45) is 11.7 Å². The summed E-state index contributed by atoms with van der Waals surface area (Å²) in [5, 5.41) is 2.86. The number of nitrogens with two attached hydrogens (primary N) is 1. The minimum Gasteiger partial charge on any atom is -0.377 e. The van der Waals surface area contributed by atoms with E-state index in [2.05, 4.69) is 12.2 Å². The number of rotatable bonds is 8. The minimum absolute atomic E-state index is 0.0471. The van der Waals surface area contributed by atoms with Crippen molar-refractivity contribution in [1.82, 2.24) is 5.32 Å². The number of carbonyl (C=O) groups is 1. The summed E-state index contributed by atoms with van der Waals surface area (Å²) in [6.45, 7) is 7.60. The third-order valence-electron chi connectivity index (χ3n) is 2.31. The van der Waals surface area contributed by atoms with Crippen LogP contribution >= 0.6 is 0 Å². The molecule has 0 saturated heterocycles. The van der Waals surface area contributed by atoms with Crippen LogP contribution in [0.2, 0.25) is 0 Å². The van der Waals surface area contributed by atoms with E-state index in [4.69, 9.17) is 10.5 Å². The standard InChI is InChI=1S/C11H24N2O2/c1-4-6-10(7-12)11(14)13-8-9(3)15-5-2/h9-10H,4-8,12H2,1-3H3,(H,13,14). The molecule has 0 aliphatic carbocycles. The van der Waals surface area contributed by atoms with Crippen molar-refractivity contribution in [1.29, 1.82) is 0 Å². The fourth-order valence-corrected chi connectivity index (χ4v) is 1.44. The van der Waals surface area contributed by atoms with Gasteiger partial charge in [-0.1, -0.05) is 13.3 Å². The molecule has 0 aromatic rings. The molecule has 3 N–H and O–H groups in total. The van der Waals surface area contributed by atoms with Gasteiger partial charge in [0, 0.05) is 19.7 Å². The van der Waals surface area contributed by atoms with Crippen LogP contribution in [0.3, 0.4) is 0 Å². The van der Waals surface area contributed by atoms with Gasteiger partial charge in [0.1, 0.15) is 0 Å². The van der Waals surface area contributed by atoms with Gasteiger partial charge >= 0.3 is 0 Å². The Hall–Kier alpha value is -0.610. The largest absolute Gasteiger partial charge is 0.377 e. The first-order valence-electron chi connectivity index (χ1n) is 5.75. The molecule has 0 rings (SSSR count). The van der Waals surface area contributed by atoms with Crippen molar-refractivity contribution in [3.8, 4) is 0 Å². The van der Waals surface area contributed by atoms with E-state index >= 15 is 0 Å². The van der Waals surface area contributed by atoms with Crippen LogP contribution in [-0.4, -0.2) is 31.7 Å². The molecule has 0 fully saturated rings. The molecule has 0 saturated carbocycles. The highest BCUT2D eigenvalue weighted by Gasteiger charge is 2.15. The van der Waals surface area contributed by atoms with E-state index in [0.717, 1.165) is 12.8 Å². The van der Waals surface area contributed by atoms with Gasteiger partial charge in [0.05, 0.1) is 12.0 Å². The van der Waals surface area contributed by atoms with Gasteiger partial charge in [0.25, 0.3) is 0 Å². The summed E-state index contributed by atoms with van der Waals surface area (Å²) in [5.41, 5.74) is 5.53. The lowest BCUT2D eigenvalue weighted by Crippen LogP contribution is -2.39. The molecule has 0 aromatic heterocycles. The van der Waals surface area contributed by atoms with Gasteiger partial charge in [0.2, 0.25) is 5.91 Å². The maximum Gasteiger partial charge on any atom is 0.224 e. The summed E-state index contributed by atoms with van der Waals surface area (Å²) in [7, 11) is 0. The zero-order chi connectivity index (χ0) is 11.7. The molecule has 90 valence electrons. The molecule has 2 atom stereocenters. The quantitative estimate of drug-likeness (QED) is 0.633. The Kier molecular flexibility index (Phi) is 8.33. The lowest BCUT2D eigenvalue weighted by molar-refractivity contribution is -0.125. The predicted molar refractivity (Wildman–Crippen MR) is 61.6 cm³/mol. The van der Waals surface area contributed by atoms with Crippen LogP contribution in [0.15, 0.2) is 0 Å². The van der Waals surface area contributed by atoms with E-state index in [0.29, 0.717) is 19.7 Å². The lowest BCUT2D eigenvalue weighted by Gasteiger charge is -2.16. The second kappa shape index (κ2) is 8.68. The second-order valence-electron chi connectivity index (χ2n) is 3.73. The molecular weight excluding hydrogens is 192 g/mol. The molecule has 0 aliphatic rings. The molecule has 0 radical (unpaired) electrons. The Morgan fingerprint density at radius 1 is 1.47 bits per heavy atom. The Bertz CT molecular complexity index is 174. The van der Waals surface area contributed by atoms with Gasteiger partial charge in [-0.15, -0.1) is 0 Å². The highest BCUT2D eigenvalue weighted by atomic mass is 16.5. The summed E-state index contributed by atoms with van der Waals surface area (Å²) >= 11 is 0. The summed E-state index contributed by atoms with van der Waals surface area (Å²) in [6.07, 6.45) is 1.90. The topological polar surface area (TPSA) is 64.4 Å². The van der Waals surface area contributed by atoms with Crippen LogP contribution in [0.4, 0.5) is 0 Å². The molecule has 0 spiro atoms. The highest BCUT2D eigenvalue weighted by molar-refractivity contribution is 5.78. The fourth-order valence-electron chi connectivity index (χ4n) is 1.44. The zero-order valence-electron chi connectivity index (χ0n) is 10.1. The first-order valence-corrected chi connectivity index (χ1v) is 5.75. The maximum atomic E-state index is 11.6. The summed E-state index contributed by atoms with van der Waals surface area (Å²) in [6, 6.07) is 0. The SMILES string of the molecule is CCCC(CN)C(=O)NCC(C)OCC. The summed E-state index contributed by atoms with van der Waals surface area (Å²) in [5.74, 6) is -0.00488. The number of hydrogen-bond donors (Lipinski definition) is 2. The molecular formula is C11H24N2O2. The van der Waals surface area contributed by atoms with Crippen molar-refractivity contribution in [3.05, 3.63) is 0 Å². The van der Waals surface area contributed by atoms with Crippen LogP contribution in [0.5, 0.6) is 0 Å². The third kappa shape index (κ3) is 6.47. The molecule has 1 amide bonds. The van der Waals surface area contributed by atoms with Crippen LogP contribution in [0.25, 0.3) is 0 Å². The molecule has 4 nitrogen and oxygen atoms in total. The van der Waals surface area contributed by atoms with Gasteiger partial charge in [-0.25, -0.2) is 0 Å². The maximum absolute atomic E-state index is 11.6. The molecule has 0 heterocycles. The first-order chi connectivity index (χ1) is 7.15. The van der Waals surface area contributed by atoms with Crippen LogP contribution in [0.1, 0.15) is 33.6 Å². The van der Waals surface area contributed by atoms with Crippen molar-refractivity contribution in [2.45, 2.75) is 39.7 Å². The van der Waals surface area contributed by atoms with E-state index < -0.39 is 0 Å². The Morgan fingerprint density at radius 2 is 2.13 bits per heavy atom. The van der Waals surface area contributed by atoms with Crippen LogP contribution in [0, 0.1) is 5.92 Å². The Morgan fingerprint density at radius 3 is 2.60 bits per heavy atom. The van der Waals surface area contributed by atoms with Gasteiger partial charge in [-0.3, -0.25) is 4.79 Å². The summed E-state index contributed by atoms with van der Waals surface area (Å²) < 4.78 is 5.32. The van der Waals surface area contributed by atoms with Crippen LogP contribution in [-0.2, 0) is 9.53 Å². The van der Waals surface area contributed by atoms with E-state index in [1.54, 1.807) is 0 Å². The number of amides is 1. The van der Waals surface area contributed by atoms with Crippen molar-refractivity contribution < 1.29 is 9.53 Å². The fraction of sp³-hybridized carbons (Fsp3) is 0.909. The minimum atomic E-state index is -0.0520. The van der Waals surface area contributed by atoms with Crippen LogP contribution < -0.4 is 11.1 Å². The average Bonchev–Trinajstić information content (AvgIpc) is 2.23.